The van der Waals surface area contributed by atoms with Crippen molar-refractivity contribution in [3.8, 4) is 0 Å². The fraction of sp³-hybridized carbons (Fsp3) is 0.579. The molecule has 70 heavy (non-hydrogen) atoms. The molecule has 4 aromatic carbocycles. The van der Waals surface area contributed by atoms with Crippen LogP contribution < -0.4 is 0 Å². The van der Waals surface area contributed by atoms with Crippen LogP contribution >= 0.6 is 11.8 Å². The van der Waals surface area contributed by atoms with Gasteiger partial charge in [-0.15, -0.1) is 0 Å². The summed E-state index contributed by atoms with van der Waals surface area (Å²) in [5.41, 5.74) is 2.65. The Labute approximate surface area is 429 Å². The molecule has 0 amide bonds. The maximum absolute atomic E-state index is 7.70. The maximum atomic E-state index is 7.70. The minimum atomic E-state index is -2.56. The first-order valence-corrected chi connectivity index (χ1v) is 35.0. The van der Waals surface area contributed by atoms with Gasteiger partial charge in [-0.05, 0) is 90.1 Å². The normalized spacial score (nSPS) is 26.3. The molecule has 10 atom stereocenters. The topological polar surface area (TPSA) is 83.1 Å². The molecule has 2 aliphatic rings. The lowest BCUT2D eigenvalue weighted by atomic mass is 9.97. The lowest BCUT2D eigenvalue weighted by Crippen LogP contribution is -2.69. The Morgan fingerprint density at radius 2 is 0.857 bits per heavy atom. The zero-order valence-electron chi connectivity index (χ0n) is 45.2. The molecule has 0 radical (unpaired) electrons. The number of hydrogen-bond donors (Lipinski definition) is 0. The van der Waals surface area contributed by atoms with Crippen LogP contribution in [0.25, 0.3) is 0 Å². The molecule has 9 nitrogen and oxygen atoms in total. The van der Waals surface area contributed by atoms with Crippen molar-refractivity contribution in [3.05, 3.63) is 138 Å². The monoisotopic (exact) mass is 1030 g/mol. The van der Waals surface area contributed by atoms with Crippen LogP contribution in [0.15, 0.2) is 126 Å². The van der Waals surface area contributed by atoms with Gasteiger partial charge in [0.15, 0.2) is 31.2 Å². The van der Waals surface area contributed by atoms with Crippen molar-refractivity contribution in [2.24, 2.45) is 0 Å². The SMILES string of the molecule is C[C@@H]1O[C@@H](O[C@H]2[C@H](OCc3ccccc3)[C@@H](OCc3ccccc3)[C@H](Sc3ccccc3)O[C@@H]2COCc2ccccc2)[C@H](O[Si](C)(C)C(C)(C)C)[C@H](O[Si](C)(C)C(C)(C)C)[C@H]1O[Si](C)(C)C(C)(C)C. The third kappa shape index (κ3) is 14.9. The van der Waals surface area contributed by atoms with Crippen molar-refractivity contribution in [2.75, 3.05) is 6.61 Å². The van der Waals surface area contributed by atoms with Gasteiger partial charge in [-0.2, -0.15) is 0 Å². The summed E-state index contributed by atoms with van der Waals surface area (Å²) in [4.78, 5) is 1.05. The zero-order valence-corrected chi connectivity index (χ0v) is 49.0. The molecule has 6 rings (SSSR count). The van der Waals surface area contributed by atoms with Crippen LogP contribution in [-0.2, 0) is 61.5 Å². The Balaban J connectivity index is 1.50. The standard InChI is InChI=1S/C57H86O9SSi3/c1-41-47(64-68(11,12)55(2,3)4)50(65-69(13,14)56(5,6)7)51(66-70(15,16)57(8,9)10)53(61-41)63-48-46(40-58-37-42-29-21-17-22-30-42)62-54(67-45-35-27-20-28-36-45)52(60-39-44-33-25-19-26-34-44)49(48)59-38-43-31-23-18-24-32-43/h17-36,41,46-54H,37-40H2,1-16H3/t41-,46+,47-,48+,49-,50+,51+,52+,53-,54-/m0/s1. The van der Waals surface area contributed by atoms with Crippen molar-refractivity contribution in [2.45, 2.75) is 209 Å². The zero-order chi connectivity index (χ0) is 51.1. The summed E-state index contributed by atoms with van der Waals surface area (Å²) in [6.07, 6.45) is -5.53. The summed E-state index contributed by atoms with van der Waals surface area (Å²) in [5, 5.41) is -0.299. The summed E-state index contributed by atoms with van der Waals surface area (Å²) in [5.74, 6) is 0. The van der Waals surface area contributed by atoms with Gasteiger partial charge in [-0.3, -0.25) is 0 Å². The molecular weight excluding hydrogens is 945 g/mol. The average molecular weight is 1030 g/mol. The van der Waals surface area contributed by atoms with Crippen molar-refractivity contribution >= 4 is 36.7 Å². The van der Waals surface area contributed by atoms with Crippen LogP contribution in [0.4, 0.5) is 0 Å². The summed E-state index contributed by atoms with van der Waals surface area (Å²) in [6.45, 7) is 37.8. The number of thioether (sulfide) groups is 1. The highest BCUT2D eigenvalue weighted by Gasteiger charge is 2.58. The smallest absolute Gasteiger partial charge is 0.192 e. The predicted octanol–water partition coefficient (Wildman–Crippen LogP) is 14.2. The van der Waals surface area contributed by atoms with E-state index in [0.717, 1.165) is 21.6 Å². The molecule has 13 heteroatoms. The van der Waals surface area contributed by atoms with E-state index in [9.17, 15) is 0 Å². The summed E-state index contributed by atoms with van der Waals surface area (Å²) in [6, 6.07) is 41.1. The van der Waals surface area contributed by atoms with Gasteiger partial charge in [0.1, 0.15) is 42.1 Å². The van der Waals surface area contributed by atoms with E-state index in [0.29, 0.717) is 19.8 Å². The molecule has 0 bridgehead atoms. The fourth-order valence-corrected chi connectivity index (χ4v) is 13.0. The summed E-state index contributed by atoms with van der Waals surface area (Å²) < 4.78 is 66.2. The molecule has 0 saturated carbocycles. The van der Waals surface area contributed by atoms with Gasteiger partial charge in [0.2, 0.25) is 0 Å². The van der Waals surface area contributed by atoms with Crippen LogP contribution in [0.3, 0.4) is 0 Å². The van der Waals surface area contributed by atoms with E-state index in [1.165, 1.54) is 0 Å². The predicted molar refractivity (Wildman–Crippen MR) is 293 cm³/mol. The van der Waals surface area contributed by atoms with E-state index in [4.69, 9.17) is 41.7 Å². The molecule has 0 unspecified atom stereocenters. The number of hydrogen-bond acceptors (Lipinski definition) is 10. The van der Waals surface area contributed by atoms with E-state index in [2.05, 4.69) is 169 Å². The lowest BCUT2D eigenvalue weighted by molar-refractivity contribution is -0.335. The van der Waals surface area contributed by atoms with E-state index in [1.54, 1.807) is 11.8 Å². The quantitative estimate of drug-likeness (QED) is 0.0798. The Morgan fingerprint density at radius 3 is 1.31 bits per heavy atom. The summed E-state index contributed by atoms with van der Waals surface area (Å²) >= 11 is 1.63. The Hall–Kier alpha value is -2.48. The number of ether oxygens (including phenoxy) is 6. The second-order valence-electron chi connectivity index (χ2n) is 23.8. The van der Waals surface area contributed by atoms with Crippen LogP contribution in [0, 0.1) is 0 Å². The van der Waals surface area contributed by atoms with Crippen LogP contribution in [0.5, 0.6) is 0 Å². The van der Waals surface area contributed by atoms with E-state index < -0.39 is 85.5 Å². The van der Waals surface area contributed by atoms with Gasteiger partial charge in [0, 0.05) is 4.90 Å². The first kappa shape index (κ1) is 56.8. The molecule has 0 N–H and O–H groups in total. The molecular formula is C57H86O9SSi3. The minimum absolute atomic E-state index is 0.0594. The second kappa shape index (κ2) is 23.8. The molecule has 2 saturated heterocycles. The van der Waals surface area contributed by atoms with Crippen molar-refractivity contribution in [3.63, 3.8) is 0 Å². The van der Waals surface area contributed by atoms with Crippen molar-refractivity contribution < 1.29 is 41.7 Å². The second-order valence-corrected chi connectivity index (χ2v) is 39.3. The third-order valence-electron chi connectivity index (χ3n) is 15.3. The highest BCUT2D eigenvalue weighted by molar-refractivity contribution is 7.99. The Kier molecular flexibility index (Phi) is 19.3. The molecule has 0 aromatic heterocycles. The molecule has 4 aromatic rings. The molecule has 2 fully saturated rings. The van der Waals surface area contributed by atoms with Gasteiger partial charge in [-0.1, -0.05) is 183 Å². The third-order valence-corrected chi connectivity index (χ3v) is 29.9. The van der Waals surface area contributed by atoms with Crippen molar-refractivity contribution in [1.82, 2.24) is 0 Å². The highest BCUT2D eigenvalue weighted by atomic mass is 32.2. The minimum Gasteiger partial charge on any atom is -0.409 e. The molecule has 0 aliphatic carbocycles. The lowest BCUT2D eigenvalue weighted by Gasteiger charge is -2.55. The Bertz CT molecular complexity index is 2160. The van der Waals surface area contributed by atoms with E-state index in [-0.39, 0.29) is 21.7 Å². The van der Waals surface area contributed by atoms with Gasteiger partial charge < -0.3 is 41.7 Å². The summed E-state index contributed by atoms with van der Waals surface area (Å²) in [7, 11) is -7.44. The maximum Gasteiger partial charge on any atom is 0.192 e. The first-order chi connectivity index (χ1) is 32.8. The van der Waals surface area contributed by atoms with E-state index in [1.807, 2.05) is 60.7 Å². The van der Waals surface area contributed by atoms with Crippen LogP contribution in [-0.4, -0.2) is 92.1 Å². The average Bonchev–Trinajstić information content (AvgIpc) is 3.28. The van der Waals surface area contributed by atoms with E-state index >= 15 is 0 Å². The highest BCUT2D eigenvalue weighted by Crippen LogP contribution is 2.47. The largest absolute Gasteiger partial charge is 0.409 e. The van der Waals surface area contributed by atoms with Crippen molar-refractivity contribution in [1.29, 1.82) is 0 Å². The first-order valence-electron chi connectivity index (χ1n) is 25.4. The number of benzene rings is 4. The molecule has 386 valence electrons. The van der Waals surface area contributed by atoms with Gasteiger partial charge >= 0.3 is 0 Å². The van der Waals surface area contributed by atoms with Crippen LogP contribution in [0.2, 0.25) is 54.4 Å². The van der Waals surface area contributed by atoms with Gasteiger partial charge in [0.25, 0.3) is 0 Å². The molecule has 2 aliphatic heterocycles. The van der Waals surface area contributed by atoms with Gasteiger partial charge in [-0.25, -0.2) is 0 Å². The molecule has 0 spiro atoms. The van der Waals surface area contributed by atoms with Crippen LogP contribution in [0.1, 0.15) is 85.9 Å². The Morgan fingerprint density at radius 1 is 0.457 bits per heavy atom. The van der Waals surface area contributed by atoms with Gasteiger partial charge in [0.05, 0.1) is 38.6 Å². The fourth-order valence-electron chi connectivity index (χ4n) is 7.88. The molecule has 2 heterocycles. The number of rotatable bonds is 20.